The van der Waals surface area contributed by atoms with Crippen molar-refractivity contribution in [2.75, 3.05) is 17.2 Å². The molecule has 0 aliphatic rings. The molecule has 0 spiro atoms. The van der Waals surface area contributed by atoms with E-state index in [1.165, 1.54) is 6.07 Å². The molecule has 0 aliphatic heterocycles. The average molecular weight is 430 g/mol. The van der Waals surface area contributed by atoms with Crippen molar-refractivity contribution in [1.29, 1.82) is 0 Å². The molecule has 0 saturated carbocycles. The summed E-state index contributed by atoms with van der Waals surface area (Å²) in [6.45, 7) is -0.452. The monoisotopic (exact) mass is 428 g/mol. The summed E-state index contributed by atoms with van der Waals surface area (Å²) in [7, 11) is 0. The normalized spacial score (nSPS) is 10.2. The number of anilines is 2. The van der Waals surface area contributed by atoms with Gasteiger partial charge in [0.05, 0.1) is 17.1 Å². The number of amides is 2. The zero-order chi connectivity index (χ0) is 19.8. The molecule has 9 heteroatoms. The lowest BCUT2D eigenvalue weighted by Crippen LogP contribution is -2.21. The lowest BCUT2D eigenvalue weighted by atomic mass is 10.2. The van der Waals surface area contributed by atoms with E-state index in [2.05, 4.69) is 10.6 Å². The van der Waals surface area contributed by atoms with Crippen LogP contribution in [0.5, 0.6) is 0 Å². The molecule has 6 nitrogen and oxygen atoms in total. The number of rotatable bonds is 7. The first-order chi connectivity index (χ1) is 12.8. The van der Waals surface area contributed by atoms with Gasteiger partial charge >= 0.3 is 5.97 Å². The van der Waals surface area contributed by atoms with Gasteiger partial charge in [-0.3, -0.25) is 14.4 Å². The number of carbonyl (C=O) groups is 3. The van der Waals surface area contributed by atoms with Crippen LogP contribution >= 0.6 is 34.8 Å². The Morgan fingerprint density at radius 2 is 1.48 bits per heavy atom. The molecule has 2 N–H and O–H groups in total. The fourth-order valence-electron chi connectivity index (χ4n) is 1.97. The van der Waals surface area contributed by atoms with Crippen LogP contribution in [0.15, 0.2) is 42.5 Å². The molecule has 2 aromatic carbocycles. The first kappa shape index (κ1) is 21.0. The van der Waals surface area contributed by atoms with Crippen molar-refractivity contribution >= 4 is 64.0 Å². The number of hydrogen-bond donors (Lipinski definition) is 2. The van der Waals surface area contributed by atoms with Gasteiger partial charge in [-0.05, 0) is 42.5 Å². The van der Waals surface area contributed by atoms with Crippen LogP contribution in [-0.4, -0.2) is 24.4 Å². The van der Waals surface area contributed by atoms with Gasteiger partial charge in [-0.25, -0.2) is 0 Å². The maximum atomic E-state index is 11.9. The Morgan fingerprint density at radius 1 is 0.815 bits per heavy atom. The van der Waals surface area contributed by atoms with Gasteiger partial charge in [-0.2, -0.15) is 0 Å². The minimum atomic E-state index is -0.668. The molecule has 0 radical (unpaired) electrons. The second-order valence-corrected chi connectivity index (χ2v) is 6.67. The van der Waals surface area contributed by atoms with E-state index in [-0.39, 0.29) is 17.9 Å². The number of ether oxygens (including phenoxy) is 1. The Hall–Kier alpha value is -2.28. The molecule has 0 unspecified atom stereocenters. The van der Waals surface area contributed by atoms with Gasteiger partial charge in [0.2, 0.25) is 5.91 Å². The molecule has 0 heterocycles. The molecule has 2 aromatic rings. The van der Waals surface area contributed by atoms with Gasteiger partial charge in [0.15, 0.2) is 6.61 Å². The van der Waals surface area contributed by atoms with E-state index in [0.29, 0.717) is 21.4 Å². The van der Waals surface area contributed by atoms with Crippen molar-refractivity contribution in [2.45, 2.75) is 12.8 Å². The van der Waals surface area contributed by atoms with Crippen molar-refractivity contribution in [3.05, 3.63) is 57.5 Å². The fourth-order valence-corrected chi connectivity index (χ4v) is 2.55. The molecular formula is C18H15Cl3N2O4. The van der Waals surface area contributed by atoms with E-state index in [1.807, 2.05) is 0 Å². The van der Waals surface area contributed by atoms with Gasteiger partial charge in [-0.1, -0.05) is 34.8 Å². The summed E-state index contributed by atoms with van der Waals surface area (Å²) in [5.41, 5.74) is 0.918. The highest BCUT2D eigenvalue weighted by Crippen LogP contribution is 2.25. The number of esters is 1. The van der Waals surface area contributed by atoms with Crippen molar-refractivity contribution in [2.24, 2.45) is 0 Å². The Bertz CT molecular complexity index is 841. The van der Waals surface area contributed by atoms with Gasteiger partial charge in [0.25, 0.3) is 5.91 Å². The summed E-state index contributed by atoms with van der Waals surface area (Å²) >= 11 is 17.5. The van der Waals surface area contributed by atoms with Crippen LogP contribution in [0, 0.1) is 0 Å². The van der Waals surface area contributed by atoms with E-state index in [9.17, 15) is 14.4 Å². The van der Waals surface area contributed by atoms with Gasteiger partial charge in [0, 0.05) is 22.2 Å². The highest BCUT2D eigenvalue weighted by molar-refractivity contribution is 6.36. The first-order valence-electron chi connectivity index (χ1n) is 7.79. The molecular weight excluding hydrogens is 415 g/mol. The van der Waals surface area contributed by atoms with E-state index in [0.717, 1.165) is 0 Å². The number of carbonyl (C=O) groups excluding carboxylic acids is 3. The van der Waals surface area contributed by atoms with Crippen molar-refractivity contribution in [1.82, 2.24) is 0 Å². The maximum Gasteiger partial charge on any atom is 0.306 e. The van der Waals surface area contributed by atoms with Gasteiger partial charge in [-0.15, -0.1) is 0 Å². The number of hydrogen-bond acceptors (Lipinski definition) is 4. The summed E-state index contributed by atoms with van der Waals surface area (Å²) in [5.74, 6) is -1.58. The van der Waals surface area contributed by atoms with Crippen molar-refractivity contribution in [3.8, 4) is 0 Å². The predicted molar refractivity (Wildman–Crippen MR) is 105 cm³/mol. The third kappa shape index (κ3) is 7.46. The zero-order valence-electron chi connectivity index (χ0n) is 13.9. The smallest absolute Gasteiger partial charge is 0.306 e. The standard InChI is InChI=1S/C18H15Cl3N2O4/c19-11-1-4-13(5-2-11)22-17(25)10-27-18(26)8-7-16(24)23-15-6-3-12(20)9-14(15)21/h1-6,9H,7-8,10H2,(H,22,25)(H,23,24). The Kier molecular flexibility index (Phi) is 7.91. The largest absolute Gasteiger partial charge is 0.456 e. The number of halogens is 3. The molecule has 0 bridgehead atoms. The lowest BCUT2D eigenvalue weighted by molar-refractivity contribution is -0.147. The SMILES string of the molecule is O=C(COC(=O)CCC(=O)Nc1ccc(Cl)cc1Cl)Nc1ccc(Cl)cc1. The quantitative estimate of drug-likeness (QED) is 0.633. The van der Waals surface area contributed by atoms with Gasteiger partial charge in [0.1, 0.15) is 0 Å². The van der Waals surface area contributed by atoms with Crippen LogP contribution in [0.1, 0.15) is 12.8 Å². The average Bonchev–Trinajstić information content (AvgIpc) is 2.62. The topological polar surface area (TPSA) is 84.5 Å². The molecule has 2 rings (SSSR count). The highest BCUT2D eigenvalue weighted by Gasteiger charge is 2.12. The first-order valence-corrected chi connectivity index (χ1v) is 8.93. The molecule has 142 valence electrons. The van der Waals surface area contributed by atoms with Crippen LogP contribution in [0.25, 0.3) is 0 Å². The third-order valence-electron chi connectivity index (χ3n) is 3.25. The summed E-state index contributed by atoms with van der Waals surface area (Å²) in [6.07, 6.45) is -0.290. The summed E-state index contributed by atoms with van der Waals surface area (Å²) in [6, 6.07) is 11.1. The van der Waals surface area contributed by atoms with Crippen LogP contribution in [0.2, 0.25) is 15.1 Å². The Morgan fingerprint density at radius 3 is 2.15 bits per heavy atom. The number of benzene rings is 2. The van der Waals surface area contributed by atoms with Crippen molar-refractivity contribution < 1.29 is 19.1 Å². The molecule has 0 aliphatic carbocycles. The molecule has 0 fully saturated rings. The van der Waals surface area contributed by atoms with Crippen molar-refractivity contribution in [3.63, 3.8) is 0 Å². The summed E-state index contributed by atoms with van der Waals surface area (Å²) in [5, 5.41) is 6.39. The zero-order valence-corrected chi connectivity index (χ0v) is 16.2. The number of nitrogens with one attached hydrogen (secondary N) is 2. The second-order valence-electron chi connectivity index (χ2n) is 5.39. The van der Waals surface area contributed by atoms with Crippen LogP contribution in [-0.2, 0) is 19.1 Å². The second kappa shape index (κ2) is 10.2. The molecule has 0 aromatic heterocycles. The van der Waals surface area contributed by atoms with E-state index < -0.39 is 24.4 Å². The molecule has 0 saturated heterocycles. The van der Waals surface area contributed by atoms with E-state index >= 15 is 0 Å². The highest BCUT2D eigenvalue weighted by atomic mass is 35.5. The Labute approximate surface area is 170 Å². The maximum absolute atomic E-state index is 11.9. The van der Waals surface area contributed by atoms with Crippen LogP contribution in [0.4, 0.5) is 11.4 Å². The lowest BCUT2D eigenvalue weighted by Gasteiger charge is -2.08. The predicted octanol–water partition coefficient (Wildman–Crippen LogP) is 4.55. The molecule has 0 atom stereocenters. The van der Waals surface area contributed by atoms with E-state index in [4.69, 9.17) is 39.5 Å². The fraction of sp³-hybridized carbons (Fsp3) is 0.167. The Balaban J connectivity index is 1.69. The van der Waals surface area contributed by atoms with Crippen LogP contribution in [0.3, 0.4) is 0 Å². The van der Waals surface area contributed by atoms with Gasteiger partial charge < -0.3 is 15.4 Å². The third-order valence-corrected chi connectivity index (χ3v) is 4.05. The van der Waals surface area contributed by atoms with E-state index in [1.54, 1.807) is 36.4 Å². The molecule has 2 amide bonds. The van der Waals surface area contributed by atoms with Crippen LogP contribution < -0.4 is 10.6 Å². The summed E-state index contributed by atoms with van der Waals surface area (Å²) < 4.78 is 4.84. The molecule has 27 heavy (non-hydrogen) atoms. The minimum Gasteiger partial charge on any atom is -0.456 e. The summed E-state index contributed by atoms with van der Waals surface area (Å²) in [4.78, 5) is 35.3. The minimum absolute atomic E-state index is 0.114.